The minimum Gasteiger partial charge on any atom is -0.323 e. The quantitative estimate of drug-likeness (QED) is 0.698. The lowest BCUT2D eigenvalue weighted by Gasteiger charge is -2.29. The van der Waals surface area contributed by atoms with Crippen molar-refractivity contribution in [3.8, 4) is 0 Å². The molecule has 0 atom stereocenters. The van der Waals surface area contributed by atoms with Crippen LogP contribution in [0.25, 0.3) is 10.8 Å². The standard InChI is InChI=1S/C21H24N4O3S/c1-29(27,28)25-11-9-17(10-12-25)21(26)23-19-13-22-24(15-19)14-18-7-4-6-16-5-2-3-8-20(16)18/h2-8,13,15,17H,9-12,14H2,1H3,(H,23,26). The second kappa shape index (κ2) is 7.96. The maximum atomic E-state index is 12.6. The Morgan fingerprint density at radius 3 is 2.62 bits per heavy atom. The van der Waals surface area contributed by atoms with Gasteiger partial charge in [0.25, 0.3) is 0 Å². The van der Waals surface area contributed by atoms with Crippen molar-refractivity contribution in [3.05, 3.63) is 60.4 Å². The number of fused-ring (bicyclic) bond motifs is 1. The summed E-state index contributed by atoms with van der Waals surface area (Å²) in [5.41, 5.74) is 1.82. The van der Waals surface area contributed by atoms with Gasteiger partial charge < -0.3 is 5.32 Å². The smallest absolute Gasteiger partial charge is 0.227 e. The van der Waals surface area contributed by atoms with Gasteiger partial charge in [-0.2, -0.15) is 5.10 Å². The van der Waals surface area contributed by atoms with Crippen molar-refractivity contribution in [2.45, 2.75) is 19.4 Å². The Kier molecular flexibility index (Phi) is 5.38. The molecule has 2 heterocycles. The summed E-state index contributed by atoms with van der Waals surface area (Å²) in [6.07, 6.45) is 5.74. The van der Waals surface area contributed by atoms with Crippen LogP contribution < -0.4 is 5.32 Å². The van der Waals surface area contributed by atoms with Gasteiger partial charge in [0.05, 0.1) is 24.7 Å². The van der Waals surface area contributed by atoms with E-state index in [2.05, 4.69) is 34.7 Å². The zero-order chi connectivity index (χ0) is 20.4. The number of anilines is 1. The van der Waals surface area contributed by atoms with Gasteiger partial charge >= 0.3 is 0 Å². The summed E-state index contributed by atoms with van der Waals surface area (Å²) in [5, 5.41) is 9.67. The Hall–Kier alpha value is -2.71. The normalized spacial score (nSPS) is 16.2. The highest BCUT2D eigenvalue weighted by atomic mass is 32.2. The van der Waals surface area contributed by atoms with Gasteiger partial charge in [-0.15, -0.1) is 0 Å². The number of aromatic nitrogens is 2. The molecule has 0 saturated carbocycles. The van der Waals surface area contributed by atoms with E-state index >= 15 is 0 Å². The predicted octanol–water partition coefficient (Wildman–Crippen LogP) is 2.69. The van der Waals surface area contributed by atoms with E-state index in [4.69, 9.17) is 0 Å². The van der Waals surface area contributed by atoms with Crippen LogP contribution in [0.5, 0.6) is 0 Å². The molecule has 1 aromatic heterocycles. The van der Waals surface area contributed by atoms with E-state index in [1.807, 2.05) is 29.1 Å². The number of nitrogens with one attached hydrogen (secondary N) is 1. The summed E-state index contributed by atoms with van der Waals surface area (Å²) in [4.78, 5) is 12.6. The van der Waals surface area contributed by atoms with Gasteiger partial charge in [0.2, 0.25) is 15.9 Å². The highest BCUT2D eigenvalue weighted by Gasteiger charge is 2.29. The molecular weight excluding hydrogens is 388 g/mol. The molecule has 29 heavy (non-hydrogen) atoms. The SMILES string of the molecule is CS(=O)(=O)N1CCC(C(=O)Nc2cnn(Cc3cccc4ccccc34)c2)CC1. The zero-order valence-electron chi connectivity index (χ0n) is 16.3. The van der Waals surface area contributed by atoms with E-state index < -0.39 is 10.0 Å². The fraction of sp³-hybridized carbons (Fsp3) is 0.333. The van der Waals surface area contributed by atoms with Gasteiger partial charge in [-0.1, -0.05) is 42.5 Å². The highest BCUT2D eigenvalue weighted by Crippen LogP contribution is 2.22. The summed E-state index contributed by atoms with van der Waals surface area (Å²) in [5.74, 6) is -0.266. The van der Waals surface area contributed by atoms with Gasteiger partial charge in [0, 0.05) is 25.2 Å². The number of rotatable bonds is 5. The van der Waals surface area contributed by atoms with Crippen molar-refractivity contribution in [1.82, 2.24) is 14.1 Å². The molecule has 1 N–H and O–H groups in total. The molecule has 2 aromatic carbocycles. The van der Waals surface area contributed by atoms with Crippen LogP contribution in [0, 0.1) is 5.92 Å². The molecule has 0 spiro atoms. The van der Waals surface area contributed by atoms with E-state index in [0.717, 1.165) is 5.56 Å². The fourth-order valence-corrected chi connectivity index (χ4v) is 4.69. The van der Waals surface area contributed by atoms with E-state index in [1.54, 1.807) is 6.20 Å². The first-order valence-corrected chi connectivity index (χ1v) is 11.5. The van der Waals surface area contributed by atoms with E-state index in [9.17, 15) is 13.2 Å². The Bertz CT molecular complexity index is 1130. The lowest BCUT2D eigenvalue weighted by Crippen LogP contribution is -2.40. The Labute approximate surface area is 170 Å². The number of carbonyl (C=O) groups excluding carboxylic acids is 1. The molecule has 0 unspecified atom stereocenters. The summed E-state index contributed by atoms with van der Waals surface area (Å²) in [6.45, 7) is 1.39. The van der Waals surface area contributed by atoms with Crippen molar-refractivity contribution in [2.24, 2.45) is 5.92 Å². The fourth-order valence-electron chi connectivity index (χ4n) is 3.81. The number of sulfonamides is 1. The lowest BCUT2D eigenvalue weighted by atomic mass is 9.97. The van der Waals surface area contributed by atoms with Crippen molar-refractivity contribution in [2.75, 3.05) is 24.7 Å². The van der Waals surface area contributed by atoms with Gasteiger partial charge in [-0.05, 0) is 29.2 Å². The third-order valence-electron chi connectivity index (χ3n) is 5.41. The number of benzene rings is 2. The molecule has 8 heteroatoms. The summed E-state index contributed by atoms with van der Waals surface area (Å²) < 4.78 is 26.4. The number of amides is 1. The molecular formula is C21H24N4O3S. The minimum absolute atomic E-state index is 0.0807. The Balaban J connectivity index is 1.39. The molecule has 1 aliphatic rings. The third-order valence-corrected chi connectivity index (χ3v) is 6.71. The van der Waals surface area contributed by atoms with Crippen LogP contribution in [-0.4, -0.2) is 47.8 Å². The first-order valence-electron chi connectivity index (χ1n) is 9.65. The van der Waals surface area contributed by atoms with E-state index in [0.29, 0.717) is 38.2 Å². The molecule has 4 rings (SSSR count). The number of nitrogens with zero attached hydrogens (tertiary/aromatic N) is 3. The van der Waals surface area contributed by atoms with Crippen LogP contribution in [-0.2, 0) is 21.4 Å². The molecule has 1 amide bonds. The van der Waals surface area contributed by atoms with Crippen molar-refractivity contribution >= 4 is 32.4 Å². The number of carbonyl (C=O) groups is 1. The molecule has 1 aliphatic heterocycles. The number of hydrogen-bond donors (Lipinski definition) is 1. The Morgan fingerprint density at radius 2 is 1.86 bits per heavy atom. The van der Waals surface area contributed by atoms with Crippen LogP contribution in [0.2, 0.25) is 0 Å². The summed E-state index contributed by atoms with van der Waals surface area (Å²) >= 11 is 0. The van der Waals surface area contributed by atoms with Gasteiger partial charge in [0.15, 0.2) is 0 Å². The van der Waals surface area contributed by atoms with Crippen molar-refractivity contribution < 1.29 is 13.2 Å². The molecule has 0 radical (unpaired) electrons. The zero-order valence-corrected chi connectivity index (χ0v) is 17.1. The van der Waals surface area contributed by atoms with Crippen LogP contribution in [0.1, 0.15) is 18.4 Å². The van der Waals surface area contributed by atoms with Gasteiger partial charge in [-0.25, -0.2) is 12.7 Å². The van der Waals surface area contributed by atoms with Crippen LogP contribution in [0.15, 0.2) is 54.9 Å². The number of hydrogen-bond acceptors (Lipinski definition) is 4. The van der Waals surface area contributed by atoms with Crippen LogP contribution in [0.3, 0.4) is 0 Å². The third kappa shape index (κ3) is 4.49. The van der Waals surface area contributed by atoms with Crippen molar-refractivity contribution in [3.63, 3.8) is 0 Å². The largest absolute Gasteiger partial charge is 0.323 e. The number of piperidine rings is 1. The second-order valence-electron chi connectivity index (χ2n) is 7.49. The molecule has 7 nitrogen and oxygen atoms in total. The Morgan fingerprint density at radius 1 is 1.14 bits per heavy atom. The van der Waals surface area contributed by atoms with Crippen molar-refractivity contribution in [1.29, 1.82) is 0 Å². The summed E-state index contributed by atoms with van der Waals surface area (Å²) in [6, 6.07) is 14.4. The first kappa shape index (κ1) is 19.6. The molecule has 1 fully saturated rings. The van der Waals surface area contributed by atoms with E-state index in [-0.39, 0.29) is 11.8 Å². The van der Waals surface area contributed by atoms with Crippen LogP contribution >= 0.6 is 0 Å². The molecule has 1 saturated heterocycles. The van der Waals surface area contributed by atoms with Gasteiger partial charge in [0.1, 0.15) is 0 Å². The molecule has 0 bridgehead atoms. The predicted molar refractivity (Wildman–Crippen MR) is 113 cm³/mol. The average Bonchev–Trinajstić information content (AvgIpc) is 3.14. The molecule has 152 valence electrons. The first-order chi connectivity index (χ1) is 13.9. The maximum Gasteiger partial charge on any atom is 0.227 e. The monoisotopic (exact) mass is 412 g/mol. The van der Waals surface area contributed by atoms with E-state index in [1.165, 1.54) is 21.3 Å². The average molecular weight is 413 g/mol. The molecule has 0 aliphatic carbocycles. The topological polar surface area (TPSA) is 84.3 Å². The molecule has 3 aromatic rings. The maximum absolute atomic E-state index is 12.6. The lowest BCUT2D eigenvalue weighted by molar-refractivity contribution is -0.120. The van der Waals surface area contributed by atoms with Crippen LogP contribution in [0.4, 0.5) is 5.69 Å². The second-order valence-corrected chi connectivity index (χ2v) is 9.47. The summed E-state index contributed by atoms with van der Waals surface area (Å²) in [7, 11) is -3.19. The highest BCUT2D eigenvalue weighted by molar-refractivity contribution is 7.88. The minimum atomic E-state index is -3.19. The van der Waals surface area contributed by atoms with Gasteiger partial charge in [-0.3, -0.25) is 9.48 Å².